The third-order valence-corrected chi connectivity index (χ3v) is 2.58. The molecule has 0 saturated carbocycles. The highest BCUT2D eigenvalue weighted by molar-refractivity contribution is 6.44. The fraction of sp³-hybridized carbons (Fsp3) is 0. The van der Waals surface area contributed by atoms with E-state index in [0.29, 0.717) is 16.4 Å². The van der Waals surface area contributed by atoms with E-state index < -0.39 is 11.8 Å². The van der Waals surface area contributed by atoms with Crippen molar-refractivity contribution in [3.05, 3.63) is 53.8 Å². The minimum Gasteiger partial charge on any atom is -0.316 e. The van der Waals surface area contributed by atoms with E-state index in [4.69, 9.17) is 11.6 Å². The Labute approximate surface area is 114 Å². The number of nitrogens with one attached hydrogen (secondary N) is 2. The van der Waals surface area contributed by atoms with Gasteiger partial charge in [-0.1, -0.05) is 23.7 Å². The van der Waals surface area contributed by atoms with Crippen molar-refractivity contribution in [2.75, 3.05) is 10.6 Å². The van der Waals surface area contributed by atoms with Crippen LogP contribution in [0, 0.1) is 0 Å². The van der Waals surface area contributed by atoms with Crippen LogP contribution in [0.25, 0.3) is 0 Å². The van der Waals surface area contributed by atoms with Gasteiger partial charge >= 0.3 is 11.8 Å². The molecule has 1 heterocycles. The van der Waals surface area contributed by atoms with Gasteiger partial charge in [0.05, 0.1) is 22.6 Å². The number of hydrogen-bond acceptors (Lipinski definition) is 3. The van der Waals surface area contributed by atoms with Gasteiger partial charge in [-0.3, -0.25) is 14.6 Å². The number of rotatable bonds is 2. The monoisotopic (exact) mass is 275 g/mol. The summed E-state index contributed by atoms with van der Waals surface area (Å²) in [5, 5.41) is 5.22. The molecule has 96 valence electrons. The number of benzene rings is 1. The van der Waals surface area contributed by atoms with Gasteiger partial charge in [0, 0.05) is 6.20 Å². The predicted molar refractivity (Wildman–Crippen MR) is 72.9 cm³/mol. The van der Waals surface area contributed by atoms with Crippen LogP contribution in [0.2, 0.25) is 5.02 Å². The third-order valence-electron chi connectivity index (χ3n) is 2.25. The number of nitrogens with zero attached hydrogens (tertiary/aromatic N) is 1. The zero-order valence-electron chi connectivity index (χ0n) is 9.76. The molecule has 2 N–H and O–H groups in total. The van der Waals surface area contributed by atoms with Gasteiger partial charge < -0.3 is 10.6 Å². The molecule has 2 aromatic rings. The maximum absolute atomic E-state index is 11.7. The number of halogens is 1. The first-order chi connectivity index (χ1) is 9.16. The van der Waals surface area contributed by atoms with Gasteiger partial charge in [0.1, 0.15) is 0 Å². The molecule has 6 heteroatoms. The van der Waals surface area contributed by atoms with Crippen molar-refractivity contribution in [3.63, 3.8) is 0 Å². The molecule has 0 aliphatic carbocycles. The SMILES string of the molecule is O=C(Nc1cccnc1)C(=O)Nc1ccccc1Cl. The summed E-state index contributed by atoms with van der Waals surface area (Å²) in [7, 11) is 0. The lowest BCUT2D eigenvalue weighted by Crippen LogP contribution is -2.29. The van der Waals surface area contributed by atoms with Crippen LogP contribution in [0.15, 0.2) is 48.8 Å². The molecule has 0 saturated heterocycles. The first-order valence-corrected chi connectivity index (χ1v) is 5.81. The first kappa shape index (κ1) is 13.0. The number of anilines is 2. The van der Waals surface area contributed by atoms with Crippen molar-refractivity contribution in [2.24, 2.45) is 0 Å². The van der Waals surface area contributed by atoms with Crippen LogP contribution in [0.1, 0.15) is 0 Å². The minimum atomic E-state index is -0.794. The van der Waals surface area contributed by atoms with E-state index >= 15 is 0 Å². The number of aromatic nitrogens is 1. The fourth-order valence-corrected chi connectivity index (χ4v) is 1.55. The van der Waals surface area contributed by atoms with Crippen LogP contribution in [-0.4, -0.2) is 16.8 Å². The maximum Gasteiger partial charge on any atom is 0.314 e. The second kappa shape index (κ2) is 5.97. The van der Waals surface area contributed by atoms with Gasteiger partial charge in [-0.2, -0.15) is 0 Å². The lowest BCUT2D eigenvalue weighted by atomic mass is 10.3. The molecule has 0 radical (unpaired) electrons. The molecule has 0 aliphatic heterocycles. The molecule has 0 atom stereocenters. The van der Waals surface area contributed by atoms with Gasteiger partial charge in [0.2, 0.25) is 0 Å². The van der Waals surface area contributed by atoms with Crippen LogP contribution in [0.3, 0.4) is 0 Å². The van der Waals surface area contributed by atoms with Gasteiger partial charge in [0.15, 0.2) is 0 Å². The molecule has 2 rings (SSSR count). The van der Waals surface area contributed by atoms with E-state index in [1.807, 2.05) is 0 Å². The van der Waals surface area contributed by atoms with Gasteiger partial charge in [0.25, 0.3) is 0 Å². The average Bonchev–Trinajstić information content (AvgIpc) is 2.42. The van der Waals surface area contributed by atoms with Crippen LogP contribution < -0.4 is 10.6 Å². The molecule has 0 spiro atoms. The van der Waals surface area contributed by atoms with E-state index in [1.54, 1.807) is 42.6 Å². The number of hydrogen-bond donors (Lipinski definition) is 2. The second-order valence-electron chi connectivity index (χ2n) is 3.63. The molecule has 1 aromatic heterocycles. The summed E-state index contributed by atoms with van der Waals surface area (Å²) < 4.78 is 0. The molecular weight excluding hydrogens is 266 g/mol. The zero-order chi connectivity index (χ0) is 13.7. The highest BCUT2D eigenvalue weighted by Gasteiger charge is 2.14. The molecule has 0 fully saturated rings. The lowest BCUT2D eigenvalue weighted by Gasteiger charge is -2.07. The number of carbonyl (C=O) groups is 2. The number of pyridine rings is 1. The number of carbonyl (C=O) groups excluding carboxylic acids is 2. The molecule has 2 amide bonds. The topological polar surface area (TPSA) is 71.1 Å². The lowest BCUT2D eigenvalue weighted by molar-refractivity contribution is -0.133. The van der Waals surface area contributed by atoms with Crippen molar-refractivity contribution < 1.29 is 9.59 Å². The smallest absolute Gasteiger partial charge is 0.314 e. The standard InChI is InChI=1S/C13H10ClN3O2/c14-10-5-1-2-6-11(10)17-13(19)12(18)16-9-4-3-7-15-8-9/h1-8H,(H,16,18)(H,17,19). The molecule has 0 unspecified atom stereocenters. The Hall–Kier alpha value is -2.40. The molecule has 1 aromatic carbocycles. The van der Waals surface area contributed by atoms with Crippen LogP contribution in [-0.2, 0) is 9.59 Å². The Morgan fingerprint density at radius 2 is 1.74 bits per heavy atom. The molecule has 19 heavy (non-hydrogen) atoms. The summed E-state index contributed by atoms with van der Waals surface area (Å²) in [5.41, 5.74) is 0.831. The highest BCUT2D eigenvalue weighted by Crippen LogP contribution is 2.20. The average molecular weight is 276 g/mol. The highest BCUT2D eigenvalue weighted by atomic mass is 35.5. The largest absolute Gasteiger partial charge is 0.316 e. The molecular formula is C13H10ClN3O2. The molecule has 0 bridgehead atoms. The normalized spacial score (nSPS) is 9.74. The zero-order valence-corrected chi connectivity index (χ0v) is 10.5. The molecule has 5 nitrogen and oxygen atoms in total. The van der Waals surface area contributed by atoms with Crippen LogP contribution in [0.4, 0.5) is 11.4 Å². The summed E-state index contributed by atoms with van der Waals surface area (Å²) in [6, 6.07) is 9.96. The van der Waals surface area contributed by atoms with Gasteiger partial charge in [-0.15, -0.1) is 0 Å². The summed E-state index contributed by atoms with van der Waals surface area (Å²) >= 11 is 5.88. The second-order valence-corrected chi connectivity index (χ2v) is 4.04. The van der Waals surface area contributed by atoms with Gasteiger partial charge in [-0.25, -0.2) is 0 Å². The summed E-state index contributed by atoms with van der Waals surface area (Å²) in [6.45, 7) is 0. The fourth-order valence-electron chi connectivity index (χ4n) is 1.37. The van der Waals surface area contributed by atoms with Crippen molar-refractivity contribution in [3.8, 4) is 0 Å². The van der Waals surface area contributed by atoms with Crippen molar-refractivity contribution in [2.45, 2.75) is 0 Å². The predicted octanol–water partition coefficient (Wildman–Crippen LogP) is 2.31. The van der Waals surface area contributed by atoms with E-state index in [-0.39, 0.29) is 0 Å². The first-order valence-electron chi connectivity index (χ1n) is 5.43. The summed E-state index contributed by atoms with van der Waals surface area (Å²) in [5.74, 6) is -1.58. The molecule has 0 aliphatic rings. The third kappa shape index (κ3) is 3.53. The summed E-state index contributed by atoms with van der Waals surface area (Å²) in [6.07, 6.45) is 3.01. The van der Waals surface area contributed by atoms with Crippen molar-refractivity contribution in [1.82, 2.24) is 4.98 Å². The number of para-hydroxylation sites is 1. The van der Waals surface area contributed by atoms with E-state index in [0.717, 1.165) is 0 Å². The van der Waals surface area contributed by atoms with Crippen molar-refractivity contribution in [1.29, 1.82) is 0 Å². The Balaban J connectivity index is 2.01. The Bertz CT molecular complexity index is 602. The Kier molecular flexibility index (Phi) is 4.10. The maximum atomic E-state index is 11.7. The quantitative estimate of drug-likeness (QED) is 0.826. The Morgan fingerprint density at radius 1 is 1.00 bits per heavy atom. The Morgan fingerprint density at radius 3 is 2.42 bits per heavy atom. The van der Waals surface area contributed by atoms with Crippen molar-refractivity contribution >= 4 is 34.8 Å². The van der Waals surface area contributed by atoms with Gasteiger partial charge in [-0.05, 0) is 24.3 Å². The van der Waals surface area contributed by atoms with E-state index in [9.17, 15) is 9.59 Å². The van der Waals surface area contributed by atoms with Crippen LogP contribution in [0.5, 0.6) is 0 Å². The summed E-state index contributed by atoms with van der Waals surface area (Å²) in [4.78, 5) is 27.1. The van der Waals surface area contributed by atoms with E-state index in [1.165, 1.54) is 6.20 Å². The van der Waals surface area contributed by atoms with E-state index in [2.05, 4.69) is 15.6 Å². The number of amides is 2. The van der Waals surface area contributed by atoms with Crippen LogP contribution >= 0.6 is 11.6 Å². The minimum absolute atomic E-state index is 0.366.